The highest BCUT2D eigenvalue weighted by Gasteiger charge is 2.21. The molecule has 1 N–H and O–H groups in total. The number of fused-ring (bicyclic) bond motifs is 1. The highest BCUT2D eigenvalue weighted by Crippen LogP contribution is 2.29. The third kappa shape index (κ3) is 4.52. The van der Waals surface area contributed by atoms with Crippen LogP contribution in [0.3, 0.4) is 0 Å². The van der Waals surface area contributed by atoms with Gasteiger partial charge in [-0.2, -0.15) is 0 Å². The second kappa shape index (κ2) is 8.73. The van der Waals surface area contributed by atoms with Gasteiger partial charge in [-0.05, 0) is 43.5 Å². The summed E-state index contributed by atoms with van der Waals surface area (Å²) in [6.07, 6.45) is 0.981. The number of amides is 1. The van der Waals surface area contributed by atoms with Crippen LogP contribution in [0.25, 0.3) is 11.0 Å². The van der Waals surface area contributed by atoms with E-state index >= 15 is 0 Å². The van der Waals surface area contributed by atoms with Gasteiger partial charge >= 0.3 is 0 Å². The predicted molar refractivity (Wildman–Crippen MR) is 109 cm³/mol. The monoisotopic (exact) mass is 403 g/mol. The van der Waals surface area contributed by atoms with Crippen molar-refractivity contribution in [2.24, 2.45) is 5.92 Å². The summed E-state index contributed by atoms with van der Waals surface area (Å²) in [5, 5.41) is 2.50. The van der Waals surface area contributed by atoms with Crippen LogP contribution < -0.4 is 5.32 Å². The number of hydrogen-bond acceptors (Lipinski definition) is 3. The molecule has 0 fully saturated rings. The van der Waals surface area contributed by atoms with Gasteiger partial charge in [0.25, 0.3) is 0 Å². The molecule has 0 saturated carbocycles. The topological polar surface area (TPSA) is 46.9 Å². The fourth-order valence-corrected chi connectivity index (χ4v) is 3.75. The molecule has 3 rings (SSSR count). The van der Waals surface area contributed by atoms with Crippen molar-refractivity contribution in [3.8, 4) is 0 Å². The Morgan fingerprint density at radius 1 is 1.11 bits per heavy atom. The fraction of sp³-hybridized carbons (Fsp3) is 0.333. The molecule has 4 nitrogen and oxygen atoms in total. The lowest BCUT2D eigenvalue weighted by atomic mass is 10.1. The molecule has 1 amide bonds. The van der Waals surface area contributed by atoms with Crippen molar-refractivity contribution < 1.29 is 13.6 Å². The highest BCUT2D eigenvalue weighted by molar-refractivity contribution is 8.00. The zero-order valence-corrected chi connectivity index (χ0v) is 16.9. The normalized spacial score (nSPS) is 12.5. The number of aryl methyl sites for hydroxylation is 1. The number of hydrogen-bond donors (Lipinski definition) is 1. The van der Waals surface area contributed by atoms with Gasteiger partial charge in [0.2, 0.25) is 5.91 Å². The van der Waals surface area contributed by atoms with Gasteiger partial charge in [-0.25, -0.2) is 13.8 Å². The largest absolute Gasteiger partial charge is 0.320 e. The van der Waals surface area contributed by atoms with Crippen LogP contribution in [0.15, 0.2) is 47.6 Å². The van der Waals surface area contributed by atoms with Crippen molar-refractivity contribution in [3.05, 3.63) is 54.1 Å². The Bertz CT molecular complexity index is 967. The van der Waals surface area contributed by atoms with Crippen molar-refractivity contribution in [3.63, 3.8) is 0 Å². The predicted octanol–water partition coefficient (Wildman–Crippen LogP) is 5.48. The van der Waals surface area contributed by atoms with Crippen LogP contribution in [0.1, 0.15) is 27.2 Å². The maximum Gasteiger partial charge on any atom is 0.237 e. The number of anilines is 1. The molecule has 7 heteroatoms. The van der Waals surface area contributed by atoms with Gasteiger partial charge in [-0.15, -0.1) is 0 Å². The molecule has 0 saturated heterocycles. The Morgan fingerprint density at radius 3 is 2.46 bits per heavy atom. The van der Waals surface area contributed by atoms with Crippen molar-refractivity contribution >= 4 is 34.4 Å². The zero-order chi connectivity index (χ0) is 20.3. The van der Waals surface area contributed by atoms with E-state index in [0.29, 0.717) is 5.92 Å². The molecule has 1 atom stereocenters. The molecule has 1 heterocycles. The average Bonchev–Trinajstić information content (AvgIpc) is 2.99. The number of benzene rings is 2. The second-order valence-corrected chi connectivity index (χ2v) is 8.37. The Kier molecular flexibility index (Phi) is 6.34. The molecule has 0 aliphatic heterocycles. The SMILES string of the molecule is CC(C)CCn1c(S[C@@H](C)C(=O)Nc2c(F)cccc2F)nc2ccccc21. The van der Waals surface area contributed by atoms with E-state index in [1.807, 2.05) is 24.3 Å². The van der Waals surface area contributed by atoms with E-state index in [0.717, 1.165) is 41.3 Å². The van der Waals surface area contributed by atoms with Crippen molar-refractivity contribution in [2.75, 3.05) is 5.32 Å². The van der Waals surface area contributed by atoms with Crippen LogP contribution in [0.2, 0.25) is 0 Å². The number of aromatic nitrogens is 2. The molecular formula is C21H23F2N3OS. The standard InChI is InChI=1S/C21H23F2N3OS/c1-13(2)11-12-26-18-10-5-4-9-17(18)24-21(26)28-14(3)20(27)25-19-15(22)7-6-8-16(19)23/h4-10,13-14H,11-12H2,1-3H3,(H,25,27)/t14-/m0/s1. The third-order valence-electron chi connectivity index (χ3n) is 4.41. The number of para-hydroxylation sites is 3. The number of rotatable bonds is 7. The van der Waals surface area contributed by atoms with E-state index < -0.39 is 28.5 Å². The minimum atomic E-state index is -0.797. The summed E-state index contributed by atoms with van der Waals surface area (Å²) in [5.74, 6) is -1.54. The van der Waals surface area contributed by atoms with Crippen LogP contribution in [0, 0.1) is 17.6 Å². The summed E-state index contributed by atoms with van der Waals surface area (Å²) >= 11 is 1.28. The van der Waals surface area contributed by atoms with Crippen LogP contribution in [-0.4, -0.2) is 20.7 Å². The first-order valence-electron chi connectivity index (χ1n) is 9.23. The quantitative estimate of drug-likeness (QED) is 0.532. The van der Waals surface area contributed by atoms with Gasteiger partial charge in [0.15, 0.2) is 5.16 Å². The third-order valence-corrected chi connectivity index (χ3v) is 5.50. The van der Waals surface area contributed by atoms with Gasteiger partial charge in [0.05, 0.1) is 16.3 Å². The number of carbonyl (C=O) groups is 1. The van der Waals surface area contributed by atoms with E-state index in [1.54, 1.807) is 6.92 Å². The van der Waals surface area contributed by atoms with Gasteiger partial charge in [0, 0.05) is 6.54 Å². The molecule has 2 aromatic carbocycles. The van der Waals surface area contributed by atoms with Crippen LogP contribution in [0.5, 0.6) is 0 Å². The molecule has 28 heavy (non-hydrogen) atoms. The first kappa shape index (κ1) is 20.3. The van der Waals surface area contributed by atoms with Gasteiger partial charge < -0.3 is 9.88 Å². The Balaban J connectivity index is 1.81. The summed E-state index contributed by atoms with van der Waals surface area (Å²) < 4.78 is 29.7. The number of nitrogens with one attached hydrogen (secondary N) is 1. The zero-order valence-electron chi connectivity index (χ0n) is 16.1. The van der Waals surface area contributed by atoms with Crippen LogP contribution in [-0.2, 0) is 11.3 Å². The molecule has 1 aromatic heterocycles. The number of carbonyl (C=O) groups excluding carboxylic acids is 1. The van der Waals surface area contributed by atoms with E-state index in [4.69, 9.17) is 0 Å². The number of halogens is 2. The minimum absolute atomic E-state index is 0.423. The smallest absolute Gasteiger partial charge is 0.237 e. The summed E-state index contributed by atoms with van der Waals surface area (Å²) in [4.78, 5) is 17.2. The van der Waals surface area contributed by atoms with Crippen molar-refractivity contribution in [2.45, 2.75) is 44.1 Å². The lowest BCUT2D eigenvalue weighted by Crippen LogP contribution is -2.24. The number of nitrogens with zero attached hydrogens (tertiary/aromatic N) is 2. The van der Waals surface area contributed by atoms with Crippen molar-refractivity contribution in [1.82, 2.24) is 9.55 Å². The van der Waals surface area contributed by atoms with E-state index in [-0.39, 0.29) is 0 Å². The van der Waals surface area contributed by atoms with Gasteiger partial charge in [-0.1, -0.05) is 43.8 Å². The fourth-order valence-electron chi connectivity index (χ4n) is 2.80. The Labute approximate surface area is 167 Å². The first-order chi connectivity index (χ1) is 13.4. The summed E-state index contributed by atoms with van der Waals surface area (Å²) in [6, 6.07) is 11.3. The molecule has 0 aliphatic carbocycles. The van der Waals surface area contributed by atoms with Gasteiger partial charge in [0.1, 0.15) is 17.3 Å². The minimum Gasteiger partial charge on any atom is -0.320 e. The molecule has 148 valence electrons. The summed E-state index contributed by atoms with van der Waals surface area (Å²) in [7, 11) is 0. The lowest BCUT2D eigenvalue weighted by molar-refractivity contribution is -0.115. The lowest BCUT2D eigenvalue weighted by Gasteiger charge is -2.15. The summed E-state index contributed by atoms with van der Waals surface area (Å²) in [6.45, 7) is 6.80. The molecule has 0 bridgehead atoms. The van der Waals surface area contributed by atoms with Crippen LogP contribution >= 0.6 is 11.8 Å². The Morgan fingerprint density at radius 2 is 1.79 bits per heavy atom. The van der Waals surface area contributed by atoms with E-state index in [9.17, 15) is 13.6 Å². The Hall–Kier alpha value is -2.41. The van der Waals surface area contributed by atoms with E-state index in [1.165, 1.54) is 17.8 Å². The maximum atomic E-state index is 13.8. The molecule has 0 spiro atoms. The molecular weight excluding hydrogens is 380 g/mol. The molecule has 3 aromatic rings. The van der Waals surface area contributed by atoms with Crippen molar-refractivity contribution in [1.29, 1.82) is 0 Å². The van der Waals surface area contributed by atoms with E-state index in [2.05, 4.69) is 28.7 Å². The average molecular weight is 403 g/mol. The second-order valence-electron chi connectivity index (χ2n) is 7.06. The number of imidazole rings is 1. The first-order valence-corrected chi connectivity index (χ1v) is 10.1. The molecule has 0 radical (unpaired) electrons. The molecule has 0 aliphatic rings. The maximum absolute atomic E-state index is 13.8. The summed E-state index contributed by atoms with van der Waals surface area (Å²) in [5.41, 5.74) is 1.45. The van der Waals surface area contributed by atoms with Gasteiger partial charge in [-0.3, -0.25) is 4.79 Å². The molecule has 0 unspecified atom stereocenters. The number of thioether (sulfide) groups is 1. The highest BCUT2D eigenvalue weighted by atomic mass is 32.2. The van der Waals surface area contributed by atoms with Crippen LogP contribution in [0.4, 0.5) is 14.5 Å².